The minimum absolute atomic E-state index is 0.127. The molecule has 0 saturated heterocycles. The van der Waals surface area contributed by atoms with Crippen molar-refractivity contribution in [2.45, 2.75) is 20.3 Å². The zero-order chi connectivity index (χ0) is 23.4. The molecule has 33 heavy (non-hydrogen) atoms. The third kappa shape index (κ3) is 4.85. The van der Waals surface area contributed by atoms with Crippen LogP contribution in [0.15, 0.2) is 51.9 Å². The Morgan fingerprint density at radius 2 is 1.97 bits per heavy atom. The fourth-order valence-corrected chi connectivity index (χ4v) is 3.82. The van der Waals surface area contributed by atoms with E-state index in [1.807, 2.05) is 61.6 Å². The summed E-state index contributed by atoms with van der Waals surface area (Å²) in [6, 6.07) is 13.9. The molecule has 1 aliphatic carbocycles. The molecule has 1 amide bonds. The van der Waals surface area contributed by atoms with Crippen molar-refractivity contribution < 1.29 is 24.1 Å². The van der Waals surface area contributed by atoms with Gasteiger partial charge in [0.2, 0.25) is 5.91 Å². The van der Waals surface area contributed by atoms with Gasteiger partial charge in [0.25, 0.3) is 0 Å². The van der Waals surface area contributed by atoms with Gasteiger partial charge in [-0.25, -0.2) is 4.98 Å². The Balaban J connectivity index is 1.68. The van der Waals surface area contributed by atoms with Crippen molar-refractivity contribution in [3.8, 4) is 11.5 Å². The van der Waals surface area contributed by atoms with Crippen LogP contribution in [0.25, 0.3) is 33.3 Å². The molecule has 8 nitrogen and oxygen atoms in total. The van der Waals surface area contributed by atoms with Gasteiger partial charge in [0.1, 0.15) is 23.4 Å². The monoisotopic (exact) mass is 447 g/mol. The van der Waals surface area contributed by atoms with Crippen molar-refractivity contribution in [2.75, 3.05) is 26.7 Å². The molecule has 0 saturated carbocycles. The second-order valence-electron chi connectivity index (χ2n) is 7.75. The first kappa shape index (κ1) is 22.4. The van der Waals surface area contributed by atoms with Crippen LogP contribution in [0.1, 0.15) is 18.9 Å². The molecule has 0 aromatic heterocycles. The number of ether oxygens (including phenoxy) is 1. The minimum Gasteiger partial charge on any atom is -0.468 e. The number of fused-ring (bicyclic) bond motifs is 4. The maximum absolute atomic E-state index is 12.0. The van der Waals surface area contributed by atoms with Crippen LogP contribution in [-0.2, 0) is 14.3 Å². The number of quaternary nitrogens is 1. The number of hydrogen-bond donors (Lipinski definition) is 2. The molecule has 170 valence electrons. The number of hydrogen-bond acceptors (Lipinski definition) is 6. The predicted octanol–water partition coefficient (Wildman–Crippen LogP) is 2.19. The number of nitrogens with one attached hydrogen (secondary N) is 1. The van der Waals surface area contributed by atoms with Crippen molar-refractivity contribution in [3.63, 3.8) is 0 Å². The van der Waals surface area contributed by atoms with E-state index in [4.69, 9.17) is 9.40 Å². The lowest BCUT2D eigenvalue weighted by Gasteiger charge is -2.12. The number of esters is 1. The van der Waals surface area contributed by atoms with Crippen molar-refractivity contribution in [1.82, 2.24) is 10.3 Å². The average Bonchev–Trinajstić information content (AvgIpc) is 2.82. The van der Waals surface area contributed by atoms with Gasteiger partial charge >= 0.3 is 5.97 Å². The topological polar surface area (TPSA) is 110 Å². The van der Waals surface area contributed by atoms with E-state index in [0.717, 1.165) is 38.6 Å². The van der Waals surface area contributed by atoms with Crippen LogP contribution < -0.4 is 16.0 Å². The van der Waals surface area contributed by atoms with Gasteiger partial charge in [-0.05, 0) is 31.5 Å². The lowest BCUT2D eigenvalue weighted by molar-refractivity contribution is -0.568. The van der Waals surface area contributed by atoms with Crippen LogP contribution >= 0.6 is 0 Å². The summed E-state index contributed by atoms with van der Waals surface area (Å²) in [6.07, 6.45) is 0.262. The number of carbonyl (C=O) groups is 2. The molecular formula is C25H27N4O4+. The van der Waals surface area contributed by atoms with Gasteiger partial charge < -0.3 is 19.8 Å². The SMILES string of the molecule is CCN=c1cc2oc3cc([NH2+]CCC(=O)NCC(=O)OC)c4ccccc4c3nc-2cc1C. The summed E-state index contributed by atoms with van der Waals surface area (Å²) in [5.41, 5.74) is 4.29. The summed E-state index contributed by atoms with van der Waals surface area (Å²) in [5.74, 6) is 0.00432. The van der Waals surface area contributed by atoms with Gasteiger partial charge in [-0.2, -0.15) is 0 Å². The molecule has 1 aliphatic heterocycles. The molecule has 4 rings (SSSR count). The van der Waals surface area contributed by atoms with Crippen molar-refractivity contribution in [1.29, 1.82) is 0 Å². The summed E-state index contributed by atoms with van der Waals surface area (Å²) >= 11 is 0. The fraction of sp³-hybridized carbons (Fsp3) is 0.280. The molecule has 3 N–H and O–H groups in total. The van der Waals surface area contributed by atoms with E-state index < -0.39 is 5.97 Å². The second-order valence-corrected chi connectivity index (χ2v) is 7.75. The lowest BCUT2D eigenvalue weighted by atomic mass is 10.1. The highest BCUT2D eigenvalue weighted by atomic mass is 16.5. The molecule has 2 aromatic carbocycles. The van der Waals surface area contributed by atoms with Crippen LogP contribution in [0.3, 0.4) is 0 Å². The highest BCUT2D eigenvalue weighted by molar-refractivity contribution is 6.08. The minimum atomic E-state index is -0.473. The summed E-state index contributed by atoms with van der Waals surface area (Å²) in [7, 11) is 1.29. The molecule has 0 unspecified atom stereocenters. The number of amides is 1. The molecule has 2 aromatic rings. The van der Waals surface area contributed by atoms with Crippen molar-refractivity contribution in [3.05, 3.63) is 53.4 Å². The summed E-state index contributed by atoms with van der Waals surface area (Å²) < 4.78 is 10.8. The number of nitrogens with two attached hydrogens (primary N) is 1. The Morgan fingerprint density at radius 3 is 2.73 bits per heavy atom. The van der Waals surface area contributed by atoms with E-state index in [2.05, 4.69) is 15.0 Å². The van der Waals surface area contributed by atoms with Crippen LogP contribution in [0.2, 0.25) is 0 Å². The summed E-state index contributed by atoms with van der Waals surface area (Å²) in [6.45, 7) is 5.12. The number of benzene rings is 3. The predicted molar refractivity (Wildman–Crippen MR) is 125 cm³/mol. The average molecular weight is 448 g/mol. The molecular weight excluding hydrogens is 420 g/mol. The van der Waals surface area contributed by atoms with E-state index >= 15 is 0 Å². The van der Waals surface area contributed by atoms with E-state index in [9.17, 15) is 9.59 Å². The molecule has 0 fully saturated rings. The number of aryl methyl sites for hydroxylation is 1. The standard InChI is InChI=1S/C25H26N4O4/c1-4-26-18-12-21-20(11-15(18)2)29-25-17-8-6-5-7-16(17)19(13-22(25)33-21)27-10-9-23(30)28-14-24(31)32-3/h5-8,11-13,27H,4,9-10,14H2,1-3H3,(H,28,30)/p+1. The number of rotatable bonds is 7. The maximum Gasteiger partial charge on any atom is 0.325 e. The van der Waals surface area contributed by atoms with Crippen molar-refractivity contribution >= 4 is 39.4 Å². The second kappa shape index (κ2) is 9.79. The highest BCUT2D eigenvalue weighted by Crippen LogP contribution is 2.32. The first-order chi connectivity index (χ1) is 16.0. The first-order valence-electron chi connectivity index (χ1n) is 10.9. The van der Waals surface area contributed by atoms with Crippen LogP contribution in [0.4, 0.5) is 5.69 Å². The smallest absolute Gasteiger partial charge is 0.325 e. The zero-order valence-electron chi connectivity index (χ0n) is 19.0. The van der Waals surface area contributed by atoms with E-state index in [0.29, 0.717) is 24.4 Å². The van der Waals surface area contributed by atoms with Crippen LogP contribution in [-0.4, -0.2) is 43.6 Å². The number of aromatic nitrogens is 1. The molecule has 0 bridgehead atoms. The molecule has 0 spiro atoms. The van der Waals surface area contributed by atoms with Crippen molar-refractivity contribution in [2.24, 2.45) is 4.99 Å². The normalized spacial score (nSPS) is 11.9. The van der Waals surface area contributed by atoms with Gasteiger partial charge in [0.15, 0.2) is 11.3 Å². The third-order valence-electron chi connectivity index (χ3n) is 5.46. The van der Waals surface area contributed by atoms with E-state index in [1.54, 1.807) is 0 Å². The Kier molecular flexibility index (Phi) is 6.65. The van der Waals surface area contributed by atoms with Crippen LogP contribution in [0.5, 0.6) is 0 Å². The van der Waals surface area contributed by atoms with Gasteiger partial charge in [0.05, 0.1) is 25.4 Å². The molecule has 1 heterocycles. The van der Waals surface area contributed by atoms with E-state index in [1.165, 1.54) is 7.11 Å². The van der Waals surface area contributed by atoms with E-state index in [-0.39, 0.29) is 18.9 Å². The number of methoxy groups -OCH3 is 1. The molecule has 2 aliphatic rings. The summed E-state index contributed by atoms with van der Waals surface area (Å²) in [4.78, 5) is 32.6. The van der Waals surface area contributed by atoms with Gasteiger partial charge in [0, 0.05) is 29.4 Å². The number of carbonyl (C=O) groups excluding carboxylic acids is 2. The Hall–Kier alpha value is -3.78. The van der Waals surface area contributed by atoms with Crippen LogP contribution in [0, 0.1) is 6.92 Å². The summed E-state index contributed by atoms with van der Waals surface area (Å²) in [5, 5.41) is 7.49. The Labute approximate surface area is 191 Å². The fourth-order valence-electron chi connectivity index (χ4n) is 3.82. The molecule has 8 heteroatoms. The number of nitrogens with zero attached hydrogens (tertiary/aromatic N) is 2. The highest BCUT2D eigenvalue weighted by Gasteiger charge is 2.17. The molecule has 0 atom stereocenters. The largest absolute Gasteiger partial charge is 0.468 e. The third-order valence-corrected chi connectivity index (χ3v) is 5.46. The first-order valence-corrected chi connectivity index (χ1v) is 10.9. The lowest BCUT2D eigenvalue weighted by Crippen LogP contribution is -2.78. The Morgan fingerprint density at radius 1 is 1.18 bits per heavy atom. The zero-order valence-corrected chi connectivity index (χ0v) is 19.0. The Bertz CT molecular complexity index is 1380. The van der Waals surface area contributed by atoms with Gasteiger partial charge in [-0.3, -0.25) is 14.6 Å². The molecule has 0 radical (unpaired) electrons. The maximum atomic E-state index is 12.0. The quantitative estimate of drug-likeness (QED) is 0.195. The van der Waals surface area contributed by atoms with Gasteiger partial charge in [-0.15, -0.1) is 0 Å². The van der Waals surface area contributed by atoms with Gasteiger partial charge in [-0.1, -0.05) is 18.2 Å².